The lowest BCUT2D eigenvalue weighted by molar-refractivity contribution is 0.585. The van der Waals surface area contributed by atoms with E-state index in [1.807, 2.05) is 6.07 Å². The highest BCUT2D eigenvalue weighted by atomic mass is 79.9. The van der Waals surface area contributed by atoms with Crippen LogP contribution in [-0.4, -0.2) is 0 Å². The van der Waals surface area contributed by atoms with E-state index in [4.69, 9.17) is 5.26 Å². The fraction of sp³-hybridized carbons (Fsp3) is 0. The number of nitrogens with zero attached hydrogens (tertiary/aromatic N) is 1. The zero-order valence-corrected chi connectivity index (χ0v) is 10.1. The Bertz CT molecular complexity index is 617. The monoisotopic (exact) mass is 293 g/mol. The summed E-state index contributed by atoms with van der Waals surface area (Å²) in [5.74, 6) is -1.24. The quantitative estimate of drug-likeness (QED) is 0.770. The molecule has 0 bridgehead atoms. The molecule has 0 heterocycles. The Kier molecular flexibility index (Phi) is 3.21. The maximum Gasteiger partial charge on any atom is 0.133 e. The first-order valence-corrected chi connectivity index (χ1v) is 5.56. The van der Waals surface area contributed by atoms with Gasteiger partial charge in [0, 0.05) is 16.1 Å². The Morgan fingerprint density at radius 2 is 1.71 bits per heavy atom. The first kappa shape index (κ1) is 11.7. The molecule has 0 aliphatic carbocycles. The number of hydrogen-bond donors (Lipinski definition) is 0. The van der Waals surface area contributed by atoms with E-state index in [0.29, 0.717) is 21.2 Å². The molecule has 2 aromatic carbocycles. The minimum Gasteiger partial charge on any atom is -0.207 e. The Labute approximate surface area is 105 Å². The van der Waals surface area contributed by atoms with Gasteiger partial charge in [-0.1, -0.05) is 22.0 Å². The minimum atomic E-state index is -0.629. The lowest BCUT2D eigenvalue weighted by Crippen LogP contribution is -1.88. The Morgan fingerprint density at radius 3 is 2.29 bits per heavy atom. The second-order valence-corrected chi connectivity index (χ2v) is 4.28. The summed E-state index contributed by atoms with van der Waals surface area (Å²) in [6, 6.07) is 10.2. The van der Waals surface area contributed by atoms with Gasteiger partial charge in [-0.2, -0.15) is 5.26 Å². The van der Waals surface area contributed by atoms with Crippen molar-refractivity contribution in [2.24, 2.45) is 0 Å². The van der Waals surface area contributed by atoms with E-state index in [1.165, 1.54) is 12.1 Å². The molecule has 84 valence electrons. The van der Waals surface area contributed by atoms with Gasteiger partial charge >= 0.3 is 0 Å². The normalized spacial score (nSPS) is 10.0. The molecule has 1 nitrogen and oxygen atoms in total. The number of nitriles is 1. The molecule has 0 saturated carbocycles. The lowest BCUT2D eigenvalue weighted by Gasteiger charge is -2.06. The molecule has 17 heavy (non-hydrogen) atoms. The number of hydrogen-bond acceptors (Lipinski definition) is 1. The Hall–Kier alpha value is -1.73. The van der Waals surface area contributed by atoms with Crippen LogP contribution in [0.5, 0.6) is 0 Å². The molecule has 0 radical (unpaired) electrons. The zero-order valence-electron chi connectivity index (χ0n) is 8.55. The molecule has 2 aromatic rings. The summed E-state index contributed by atoms with van der Waals surface area (Å²) < 4.78 is 27.0. The molecule has 0 aliphatic rings. The van der Waals surface area contributed by atoms with Gasteiger partial charge in [-0.15, -0.1) is 0 Å². The molecule has 0 N–H and O–H groups in total. The fourth-order valence-electron chi connectivity index (χ4n) is 1.51. The van der Waals surface area contributed by atoms with Crippen LogP contribution >= 0.6 is 15.9 Å². The van der Waals surface area contributed by atoms with E-state index in [0.717, 1.165) is 6.07 Å². The van der Waals surface area contributed by atoms with Gasteiger partial charge in [-0.3, -0.25) is 0 Å². The molecule has 2 rings (SSSR count). The lowest BCUT2D eigenvalue weighted by atomic mass is 10.0. The van der Waals surface area contributed by atoms with E-state index >= 15 is 0 Å². The average molecular weight is 294 g/mol. The van der Waals surface area contributed by atoms with Gasteiger partial charge in [0.15, 0.2) is 0 Å². The SMILES string of the molecule is N#Cc1ccc(-c2ccc(F)cc2F)c(Br)c1. The molecule has 0 atom stereocenters. The fourth-order valence-corrected chi connectivity index (χ4v) is 2.10. The molecule has 4 heteroatoms. The van der Waals surface area contributed by atoms with Crippen LogP contribution in [0, 0.1) is 23.0 Å². The van der Waals surface area contributed by atoms with Crippen LogP contribution in [0.2, 0.25) is 0 Å². The highest BCUT2D eigenvalue weighted by Gasteiger charge is 2.10. The first-order chi connectivity index (χ1) is 8.11. The van der Waals surface area contributed by atoms with Crippen LogP contribution in [0.1, 0.15) is 5.56 Å². The maximum absolute atomic E-state index is 13.6. The summed E-state index contributed by atoms with van der Waals surface area (Å²) in [6.45, 7) is 0. The summed E-state index contributed by atoms with van der Waals surface area (Å²) in [5, 5.41) is 8.72. The predicted molar refractivity (Wildman–Crippen MR) is 64.2 cm³/mol. The van der Waals surface area contributed by atoms with Crippen molar-refractivity contribution in [3.05, 3.63) is 58.1 Å². The van der Waals surface area contributed by atoms with Crippen molar-refractivity contribution in [2.45, 2.75) is 0 Å². The van der Waals surface area contributed by atoms with Crippen LogP contribution < -0.4 is 0 Å². The first-order valence-electron chi connectivity index (χ1n) is 4.77. The number of halogens is 3. The molecule has 0 saturated heterocycles. The summed E-state index contributed by atoms with van der Waals surface area (Å²) >= 11 is 3.27. The van der Waals surface area contributed by atoms with Gasteiger partial charge in [-0.05, 0) is 29.8 Å². The van der Waals surface area contributed by atoms with Crippen molar-refractivity contribution in [2.75, 3.05) is 0 Å². The second kappa shape index (κ2) is 4.64. The van der Waals surface area contributed by atoms with E-state index in [1.54, 1.807) is 18.2 Å². The zero-order chi connectivity index (χ0) is 12.4. The smallest absolute Gasteiger partial charge is 0.133 e. The molecule has 0 aromatic heterocycles. The van der Waals surface area contributed by atoms with Crippen molar-refractivity contribution in [3.8, 4) is 17.2 Å². The van der Waals surface area contributed by atoms with Gasteiger partial charge in [0.25, 0.3) is 0 Å². The minimum absolute atomic E-state index is 0.294. The van der Waals surface area contributed by atoms with Gasteiger partial charge in [0.2, 0.25) is 0 Å². The summed E-state index contributed by atoms with van der Waals surface area (Å²) in [6.07, 6.45) is 0. The topological polar surface area (TPSA) is 23.8 Å². The van der Waals surface area contributed by atoms with Crippen molar-refractivity contribution >= 4 is 15.9 Å². The van der Waals surface area contributed by atoms with E-state index in [-0.39, 0.29) is 0 Å². The van der Waals surface area contributed by atoms with E-state index in [9.17, 15) is 8.78 Å². The highest BCUT2D eigenvalue weighted by molar-refractivity contribution is 9.10. The van der Waals surface area contributed by atoms with Crippen LogP contribution in [0.3, 0.4) is 0 Å². The van der Waals surface area contributed by atoms with Gasteiger partial charge in [0.05, 0.1) is 11.6 Å². The summed E-state index contributed by atoms with van der Waals surface area (Å²) in [4.78, 5) is 0. The molecular formula is C13H6BrF2N. The van der Waals surface area contributed by atoms with Gasteiger partial charge in [0.1, 0.15) is 11.6 Å². The Morgan fingerprint density at radius 1 is 1.00 bits per heavy atom. The Balaban J connectivity index is 2.58. The maximum atomic E-state index is 13.6. The van der Waals surface area contributed by atoms with E-state index < -0.39 is 11.6 Å². The largest absolute Gasteiger partial charge is 0.207 e. The molecule has 0 aliphatic heterocycles. The molecule has 0 spiro atoms. The van der Waals surface area contributed by atoms with Crippen molar-refractivity contribution in [1.29, 1.82) is 5.26 Å². The number of benzene rings is 2. The van der Waals surface area contributed by atoms with Crippen molar-refractivity contribution < 1.29 is 8.78 Å². The van der Waals surface area contributed by atoms with Crippen LogP contribution in [0.25, 0.3) is 11.1 Å². The third-order valence-corrected chi connectivity index (χ3v) is 2.98. The average Bonchev–Trinajstić information content (AvgIpc) is 2.30. The van der Waals surface area contributed by atoms with Crippen molar-refractivity contribution in [3.63, 3.8) is 0 Å². The van der Waals surface area contributed by atoms with Crippen LogP contribution in [-0.2, 0) is 0 Å². The third-order valence-electron chi connectivity index (χ3n) is 2.32. The van der Waals surface area contributed by atoms with Crippen molar-refractivity contribution in [1.82, 2.24) is 0 Å². The van der Waals surface area contributed by atoms with Gasteiger partial charge in [-0.25, -0.2) is 8.78 Å². The number of rotatable bonds is 1. The van der Waals surface area contributed by atoms with Gasteiger partial charge < -0.3 is 0 Å². The van der Waals surface area contributed by atoms with E-state index in [2.05, 4.69) is 15.9 Å². The second-order valence-electron chi connectivity index (χ2n) is 3.43. The molecular weight excluding hydrogens is 288 g/mol. The van der Waals surface area contributed by atoms with Crippen LogP contribution in [0.15, 0.2) is 40.9 Å². The highest BCUT2D eigenvalue weighted by Crippen LogP contribution is 2.31. The standard InChI is InChI=1S/C13H6BrF2N/c14-12-5-8(7-17)1-3-10(12)11-4-2-9(15)6-13(11)16/h1-6H. The summed E-state index contributed by atoms with van der Waals surface area (Å²) in [7, 11) is 0. The summed E-state index contributed by atoms with van der Waals surface area (Å²) in [5.41, 5.74) is 1.35. The third kappa shape index (κ3) is 2.34. The van der Waals surface area contributed by atoms with Crippen LogP contribution in [0.4, 0.5) is 8.78 Å². The molecule has 0 amide bonds. The predicted octanol–water partition coefficient (Wildman–Crippen LogP) is 4.27. The molecule has 0 unspecified atom stereocenters. The molecule has 0 fully saturated rings.